The molecule has 1 aliphatic heterocycles. The highest BCUT2D eigenvalue weighted by Gasteiger charge is 2.32. The number of nitrogens with one attached hydrogen (secondary N) is 2. The SMILES string of the molecule is Cc1cccc(C)c1NC(=O)NCC1COC(C)(C)O1. The number of carbonyl (C=O) groups is 1. The summed E-state index contributed by atoms with van der Waals surface area (Å²) in [6.45, 7) is 8.60. The Morgan fingerprint density at radius 2 is 2.00 bits per heavy atom. The summed E-state index contributed by atoms with van der Waals surface area (Å²) >= 11 is 0. The van der Waals surface area contributed by atoms with Crippen molar-refractivity contribution in [1.82, 2.24) is 5.32 Å². The van der Waals surface area contributed by atoms with Crippen LogP contribution in [-0.2, 0) is 9.47 Å². The Bertz CT molecular complexity index is 480. The van der Waals surface area contributed by atoms with E-state index in [9.17, 15) is 4.79 Å². The molecule has 1 aromatic rings. The van der Waals surface area contributed by atoms with Gasteiger partial charge in [-0.15, -0.1) is 0 Å². The van der Waals surface area contributed by atoms with Crippen molar-refractivity contribution in [2.75, 3.05) is 18.5 Å². The summed E-state index contributed by atoms with van der Waals surface area (Å²) in [6.07, 6.45) is -0.103. The molecule has 1 aliphatic rings. The van der Waals surface area contributed by atoms with E-state index in [-0.39, 0.29) is 12.1 Å². The first kappa shape index (κ1) is 14.8. The molecule has 0 saturated carbocycles. The van der Waals surface area contributed by atoms with Crippen molar-refractivity contribution in [3.63, 3.8) is 0 Å². The number of aryl methyl sites for hydroxylation is 2. The third-order valence-corrected chi connectivity index (χ3v) is 3.28. The van der Waals surface area contributed by atoms with Gasteiger partial charge < -0.3 is 20.1 Å². The summed E-state index contributed by atoms with van der Waals surface area (Å²) in [7, 11) is 0. The number of rotatable bonds is 3. The average Bonchev–Trinajstić information content (AvgIpc) is 2.71. The van der Waals surface area contributed by atoms with E-state index in [1.807, 2.05) is 45.9 Å². The molecule has 2 amide bonds. The van der Waals surface area contributed by atoms with Gasteiger partial charge in [-0.25, -0.2) is 4.79 Å². The normalized spacial score (nSPS) is 20.7. The maximum absolute atomic E-state index is 11.9. The topological polar surface area (TPSA) is 59.6 Å². The van der Waals surface area contributed by atoms with Crippen molar-refractivity contribution < 1.29 is 14.3 Å². The van der Waals surface area contributed by atoms with Gasteiger partial charge in [-0.2, -0.15) is 0 Å². The van der Waals surface area contributed by atoms with Crippen molar-refractivity contribution in [3.05, 3.63) is 29.3 Å². The lowest BCUT2D eigenvalue weighted by Crippen LogP contribution is -2.37. The highest BCUT2D eigenvalue weighted by Crippen LogP contribution is 2.22. The smallest absolute Gasteiger partial charge is 0.319 e. The summed E-state index contributed by atoms with van der Waals surface area (Å²) < 4.78 is 11.1. The monoisotopic (exact) mass is 278 g/mol. The first-order chi connectivity index (χ1) is 9.37. The Labute approximate surface area is 119 Å². The van der Waals surface area contributed by atoms with Crippen LogP contribution in [0.5, 0.6) is 0 Å². The molecule has 1 saturated heterocycles. The van der Waals surface area contributed by atoms with E-state index in [1.54, 1.807) is 0 Å². The molecule has 0 bridgehead atoms. The van der Waals surface area contributed by atoms with Gasteiger partial charge in [0.05, 0.1) is 6.61 Å². The molecular weight excluding hydrogens is 256 g/mol. The molecule has 1 atom stereocenters. The van der Waals surface area contributed by atoms with Gasteiger partial charge in [0.2, 0.25) is 0 Å². The van der Waals surface area contributed by atoms with Gasteiger partial charge >= 0.3 is 6.03 Å². The van der Waals surface area contributed by atoms with Gasteiger partial charge in [0.15, 0.2) is 5.79 Å². The predicted octanol–water partition coefficient (Wildman–Crippen LogP) is 2.58. The van der Waals surface area contributed by atoms with Gasteiger partial charge in [-0.1, -0.05) is 18.2 Å². The molecule has 0 radical (unpaired) electrons. The molecule has 20 heavy (non-hydrogen) atoms. The van der Waals surface area contributed by atoms with Crippen molar-refractivity contribution in [2.24, 2.45) is 0 Å². The first-order valence-corrected chi connectivity index (χ1v) is 6.80. The van der Waals surface area contributed by atoms with E-state index in [0.29, 0.717) is 13.2 Å². The molecule has 2 rings (SSSR count). The highest BCUT2D eigenvalue weighted by molar-refractivity contribution is 5.90. The van der Waals surface area contributed by atoms with Crippen LogP contribution in [0.3, 0.4) is 0 Å². The van der Waals surface area contributed by atoms with Crippen LogP contribution in [0, 0.1) is 13.8 Å². The Hall–Kier alpha value is -1.59. The largest absolute Gasteiger partial charge is 0.348 e. The molecule has 2 N–H and O–H groups in total. The van der Waals surface area contributed by atoms with Crippen molar-refractivity contribution in [1.29, 1.82) is 0 Å². The zero-order valence-electron chi connectivity index (χ0n) is 12.4. The molecule has 0 aliphatic carbocycles. The van der Waals surface area contributed by atoms with Crippen molar-refractivity contribution in [2.45, 2.75) is 39.6 Å². The molecule has 1 heterocycles. The fourth-order valence-corrected chi connectivity index (χ4v) is 2.24. The zero-order chi connectivity index (χ0) is 14.8. The number of para-hydroxylation sites is 1. The van der Waals surface area contributed by atoms with Gasteiger partial charge in [-0.05, 0) is 38.8 Å². The van der Waals surface area contributed by atoms with E-state index < -0.39 is 5.79 Å². The first-order valence-electron chi connectivity index (χ1n) is 6.80. The van der Waals surface area contributed by atoms with E-state index >= 15 is 0 Å². The summed E-state index contributed by atoms with van der Waals surface area (Å²) in [5, 5.41) is 5.69. The van der Waals surface area contributed by atoms with Crippen LogP contribution in [0.2, 0.25) is 0 Å². The lowest BCUT2D eigenvalue weighted by Gasteiger charge is -2.17. The third kappa shape index (κ3) is 3.71. The Kier molecular flexibility index (Phi) is 4.30. The van der Waals surface area contributed by atoms with Crippen LogP contribution in [0.4, 0.5) is 10.5 Å². The number of ether oxygens (including phenoxy) is 2. The van der Waals surface area contributed by atoms with Gasteiger partial charge in [0.1, 0.15) is 6.10 Å². The van der Waals surface area contributed by atoms with E-state index in [1.165, 1.54) is 0 Å². The molecule has 0 aromatic heterocycles. The van der Waals surface area contributed by atoms with Crippen molar-refractivity contribution >= 4 is 11.7 Å². The molecule has 1 fully saturated rings. The summed E-state index contributed by atoms with van der Waals surface area (Å²) in [5.41, 5.74) is 2.94. The Balaban J connectivity index is 1.84. The van der Waals surface area contributed by atoms with E-state index in [0.717, 1.165) is 16.8 Å². The summed E-state index contributed by atoms with van der Waals surface area (Å²) in [5.74, 6) is -0.560. The van der Waals surface area contributed by atoms with Crippen LogP contribution < -0.4 is 10.6 Å². The second-order valence-electron chi connectivity index (χ2n) is 5.55. The minimum atomic E-state index is -0.560. The molecule has 0 spiro atoms. The fourth-order valence-electron chi connectivity index (χ4n) is 2.24. The number of anilines is 1. The average molecular weight is 278 g/mol. The second kappa shape index (κ2) is 5.81. The molecular formula is C15H22N2O3. The summed E-state index contributed by atoms with van der Waals surface area (Å²) in [6, 6.07) is 5.69. The number of urea groups is 1. The summed E-state index contributed by atoms with van der Waals surface area (Å²) in [4.78, 5) is 11.9. The second-order valence-corrected chi connectivity index (χ2v) is 5.55. The molecule has 5 nitrogen and oxygen atoms in total. The molecule has 110 valence electrons. The van der Waals surface area contributed by atoms with Gasteiger partial charge in [-0.3, -0.25) is 0 Å². The lowest BCUT2D eigenvalue weighted by atomic mass is 10.1. The minimum Gasteiger partial charge on any atom is -0.348 e. The zero-order valence-corrected chi connectivity index (χ0v) is 12.4. The third-order valence-electron chi connectivity index (χ3n) is 3.28. The van der Waals surface area contributed by atoms with Crippen LogP contribution in [0.15, 0.2) is 18.2 Å². The van der Waals surface area contributed by atoms with Crippen LogP contribution in [0.25, 0.3) is 0 Å². The Morgan fingerprint density at radius 3 is 2.55 bits per heavy atom. The molecule has 5 heteroatoms. The minimum absolute atomic E-state index is 0.103. The van der Waals surface area contributed by atoms with Gasteiger partial charge in [0, 0.05) is 12.2 Å². The number of amides is 2. The van der Waals surface area contributed by atoms with Crippen LogP contribution in [-0.4, -0.2) is 31.1 Å². The number of hydrogen-bond donors (Lipinski definition) is 2. The Morgan fingerprint density at radius 1 is 1.35 bits per heavy atom. The number of benzene rings is 1. The maximum atomic E-state index is 11.9. The van der Waals surface area contributed by atoms with Gasteiger partial charge in [0.25, 0.3) is 0 Å². The fraction of sp³-hybridized carbons (Fsp3) is 0.533. The molecule has 1 unspecified atom stereocenters. The number of carbonyl (C=O) groups excluding carboxylic acids is 1. The standard InChI is InChI=1S/C15H22N2O3/c1-10-6-5-7-11(2)13(10)17-14(18)16-8-12-9-19-15(3,4)20-12/h5-7,12H,8-9H2,1-4H3,(H2,16,17,18). The number of hydrogen-bond acceptors (Lipinski definition) is 3. The maximum Gasteiger partial charge on any atom is 0.319 e. The quantitative estimate of drug-likeness (QED) is 0.893. The lowest BCUT2D eigenvalue weighted by molar-refractivity contribution is -0.137. The predicted molar refractivity (Wildman–Crippen MR) is 77.8 cm³/mol. The van der Waals surface area contributed by atoms with E-state index in [2.05, 4.69) is 10.6 Å². The highest BCUT2D eigenvalue weighted by atomic mass is 16.7. The molecule has 1 aromatic carbocycles. The van der Waals surface area contributed by atoms with Crippen LogP contribution in [0.1, 0.15) is 25.0 Å². The van der Waals surface area contributed by atoms with E-state index in [4.69, 9.17) is 9.47 Å². The van der Waals surface area contributed by atoms with Crippen molar-refractivity contribution in [3.8, 4) is 0 Å². The van der Waals surface area contributed by atoms with Crippen LogP contribution >= 0.6 is 0 Å².